The molecule has 1 aliphatic heterocycles. The molecule has 0 aromatic rings. The van der Waals surface area contributed by atoms with E-state index < -0.39 is 12.1 Å². The highest BCUT2D eigenvalue weighted by molar-refractivity contribution is 5.82. The summed E-state index contributed by atoms with van der Waals surface area (Å²) in [6, 6.07) is -0.754. The van der Waals surface area contributed by atoms with Crippen LogP contribution in [-0.2, 0) is 14.3 Å². The van der Waals surface area contributed by atoms with E-state index in [9.17, 15) is 14.4 Å². The molecule has 0 spiro atoms. The lowest BCUT2D eigenvalue weighted by Gasteiger charge is -2.34. The maximum Gasteiger partial charge on any atom is 0.407 e. The van der Waals surface area contributed by atoms with Gasteiger partial charge in [0.25, 0.3) is 0 Å². The zero-order valence-corrected chi connectivity index (χ0v) is 11.6. The number of hydrogen-bond acceptors (Lipinski definition) is 5. The van der Waals surface area contributed by atoms with Crippen molar-refractivity contribution in [3.05, 3.63) is 0 Å². The summed E-state index contributed by atoms with van der Waals surface area (Å²) in [5.41, 5.74) is 5.76. The Morgan fingerprint density at radius 1 is 1.20 bits per heavy atom. The number of esters is 1. The summed E-state index contributed by atoms with van der Waals surface area (Å²) in [6.45, 7) is 3.25. The largest absolute Gasteiger partial charge is 0.466 e. The van der Waals surface area contributed by atoms with Crippen LogP contribution in [0.4, 0.5) is 4.79 Å². The molecule has 0 aromatic carbocycles. The fourth-order valence-electron chi connectivity index (χ4n) is 1.98. The number of hydrogen-bond donors (Lipinski definition) is 2. The van der Waals surface area contributed by atoms with Gasteiger partial charge in [-0.3, -0.25) is 9.59 Å². The molecule has 0 radical (unpaired) electrons. The van der Waals surface area contributed by atoms with E-state index in [0.29, 0.717) is 19.7 Å². The number of carbonyl (C=O) groups is 3. The van der Waals surface area contributed by atoms with E-state index in [-0.39, 0.29) is 37.8 Å². The lowest BCUT2D eigenvalue weighted by Crippen LogP contribution is -2.54. The van der Waals surface area contributed by atoms with Crippen LogP contribution in [0.5, 0.6) is 0 Å². The third-order valence-corrected chi connectivity index (χ3v) is 3.14. The average molecular weight is 287 g/mol. The molecule has 114 valence electrons. The second-order valence-corrected chi connectivity index (χ2v) is 4.55. The van der Waals surface area contributed by atoms with Crippen molar-refractivity contribution < 1.29 is 24.2 Å². The van der Waals surface area contributed by atoms with Crippen LogP contribution in [0.1, 0.15) is 19.8 Å². The molecule has 8 heteroatoms. The van der Waals surface area contributed by atoms with E-state index >= 15 is 0 Å². The van der Waals surface area contributed by atoms with Gasteiger partial charge in [0.05, 0.1) is 12.6 Å². The number of rotatable bonds is 5. The lowest BCUT2D eigenvalue weighted by atomic mass is 10.1. The van der Waals surface area contributed by atoms with E-state index in [1.54, 1.807) is 6.92 Å². The van der Waals surface area contributed by atoms with E-state index in [1.165, 1.54) is 9.80 Å². The normalized spacial score (nSPS) is 16.7. The highest BCUT2D eigenvalue weighted by Crippen LogP contribution is 2.07. The number of carbonyl (C=O) groups excluding carboxylic acids is 2. The maximum atomic E-state index is 12.0. The Kier molecular flexibility index (Phi) is 6.23. The van der Waals surface area contributed by atoms with Gasteiger partial charge >= 0.3 is 12.1 Å². The van der Waals surface area contributed by atoms with Gasteiger partial charge in [-0.2, -0.15) is 0 Å². The molecular formula is C12H21N3O5. The molecule has 1 saturated heterocycles. The van der Waals surface area contributed by atoms with E-state index in [4.69, 9.17) is 15.6 Å². The number of nitrogens with zero attached hydrogens (tertiary/aromatic N) is 2. The molecule has 20 heavy (non-hydrogen) atoms. The smallest absolute Gasteiger partial charge is 0.407 e. The number of amides is 2. The Hall–Kier alpha value is -1.83. The van der Waals surface area contributed by atoms with Crippen molar-refractivity contribution in [2.45, 2.75) is 25.8 Å². The molecule has 1 fully saturated rings. The summed E-state index contributed by atoms with van der Waals surface area (Å²) in [5, 5.41) is 8.81. The fraction of sp³-hybridized carbons (Fsp3) is 0.750. The van der Waals surface area contributed by atoms with Gasteiger partial charge < -0.3 is 25.4 Å². The zero-order chi connectivity index (χ0) is 15.1. The number of nitrogens with two attached hydrogens (primary N) is 1. The minimum absolute atomic E-state index is 0.107. The third-order valence-electron chi connectivity index (χ3n) is 3.14. The van der Waals surface area contributed by atoms with Crippen LogP contribution in [0.3, 0.4) is 0 Å². The van der Waals surface area contributed by atoms with E-state index in [0.717, 1.165) is 0 Å². The quantitative estimate of drug-likeness (QED) is 0.658. The first-order valence-corrected chi connectivity index (χ1v) is 6.63. The molecule has 1 atom stereocenters. The van der Waals surface area contributed by atoms with Crippen LogP contribution in [0, 0.1) is 0 Å². The van der Waals surface area contributed by atoms with Gasteiger partial charge in [-0.05, 0) is 13.3 Å². The van der Waals surface area contributed by atoms with Crippen LogP contribution in [0.25, 0.3) is 0 Å². The van der Waals surface area contributed by atoms with Gasteiger partial charge in [-0.15, -0.1) is 0 Å². The first-order chi connectivity index (χ1) is 9.45. The Bertz CT molecular complexity index is 366. The Morgan fingerprint density at radius 2 is 1.75 bits per heavy atom. The van der Waals surface area contributed by atoms with Crippen molar-refractivity contribution in [2.24, 2.45) is 5.73 Å². The highest BCUT2D eigenvalue weighted by Gasteiger charge is 2.27. The predicted molar refractivity (Wildman–Crippen MR) is 70.0 cm³/mol. The first kappa shape index (κ1) is 16.2. The van der Waals surface area contributed by atoms with Crippen LogP contribution >= 0.6 is 0 Å². The topological polar surface area (TPSA) is 113 Å². The fourth-order valence-corrected chi connectivity index (χ4v) is 1.98. The average Bonchev–Trinajstić information content (AvgIpc) is 2.44. The zero-order valence-electron chi connectivity index (χ0n) is 11.6. The summed E-state index contributed by atoms with van der Waals surface area (Å²) in [5.74, 6) is -0.620. The second-order valence-electron chi connectivity index (χ2n) is 4.55. The third kappa shape index (κ3) is 4.69. The van der Waals surface area contributed by atoms with Crippen molar-refractivity contribution in [3.8, 4) is 0 Å². The molecule has 8 nitrogen and oxygen atoms in total. The van der Waals surface area contributed by atoms with Crippen molar-refractivity contribution in [1.29, 1.82) is 0 Å². The van der Waals surface area contributed by atoms with Gasteiger partial charge in [0.2, 0.25) is 5.91 Å². The van der Waals surface area contributed by atoms with Crippen molar-refractivity contribution in [3.63, 3.8) is 0 Å². The highest BCUT2D eigenvalue weighted by atomic mass is 16.5. The summed E-state index contributed by atoms with van der Waals surface area (Å²) < 4.78 is 4.77. The van der Waals surface area contributed by atoms with Crippen molar-refractivity contribution in [2.75, 3.05) is 32.8 Å². The van der Waals surface area contributed by atoms with Crippen LogP contribution in [-0.4, -0.2) is 71.7 Å². The minimum Gasteiger partial charge on any atom is -0.466 e. The van der Waals surface area contributed by atoms with Gasteiger partial charge in [-0.25, -0.2) is 4.79 Å². The summed E-state index contributed by atoms with van der Waals surface area (Å²) in [4.78, 5) is 36.8. The molecule has 2 amide bonds. The number of carboxylic acid groups (broad SMARTS) is 1. The molecular weight excluding hydrogens is 266 g/mol. The molecule has 0 aromatic heterocycles. The van der Waals surface area contributed by atoms with Gasteiger partial charge in [0.1, 0.15) is 0 Å². The summed E-state index contributed by atoms with van der Waals surface area (Å²) in [6.07, 6.45) is -0.643. The minimum atomic E-state index is -0.983. The summed E-state index contributed by atoms with van der Waals surface area (Å²) in [7, 11) is 0. The molecule has 0 unspecified atom stereocenters. The van der Waals surface area contributed by atoms with E-state index in [1.807, 2.05) is 0 Å². The van der Waals surface area contributed by atoms with Crippen molar-refractivity contribution in [1.82, 2.24) is 9.80 Å². The van der Waals surface area contributed by atoms with Crippen molar-refractivity contribution >= 4 is 18.0 Å². The molecule has 1 heterocycles. The first-order valence-electron chi connectivity index (χ1n) is 6.63. The predicted octanol–water partition coefficient (Wildman–Crippen LogP) is -0.521. The van der Waals surface area contributed by atoms with Gasteiger partial charge in [-0.1, -0.05) is 0 Å². The molecule has 1 aliphatic rings. The van der Waals surface area contributed by atoms with Crippen LogP contribution in [0.2, 0.25) is 0 Å². The monoisotopic (exact) mass is 287 g/mol. The molecule has 3 N–H and O–H groups in total. The van der Waals surface area contributed by atoms with Crippen LogP contribution in [0.15, 0.2) is 0 Å². The molecule has 1 rings (SSSR count). The SMILES string of the molecule is CCOC(=O)CC[C@H](N)C(=O)N1CCN(C(=O)O)CC1. The standard InChI is InChI=1S/C12H21N3O5/c1-2-20-10(16)4-3-9(13)11(17)14-5-7-15(8-6-14)12(18)19/h9H,2-8,13H2,1H3,(H,18,19)/t9-/m0/s1. The number of piperazine rings is 1. The summed E-state index contributed by atoms with van der Waals surface area (Å²) >= 11 is 0. The maximum absolute atomic E-state index is 12.0. The van der Waals surface area contributed by atoms with Gasteiger partial charge in [0, 0.05) is 32.6 Å². The second kappa shape index (κ2) is 7.68. The van der Waals surface area contributed by atoms with E-state index in [2.05, 4.69) is 0 Å². The lowest BCUT2D eigenvalue weighted by molar-refractivity contribution is -0.143. The Morgan fingerprint density at radius 3 is 2.25 bits per heavy atom. The Balaban J connectivity index is 2.35. The molecule has 0 aliphatic carbocycles. The van der Waals surface area contributed by atoms with Crippen LogP contribution < -0.4 is 5.73 Å². The van der Waals surface area contributed by atoms with Gasteiger partial charge in [0.15, 0.2) is 0 Å². The number of ether oxygens (including phenoxy) is 1. The molecule has 0 bridgehead atoms. The molecule has 0 saturated carbocycles. The Labute approximate surface area is 117 Å².